The van der Waals surface area contributed by atoms with E-state index in [9.17, 15) is 9.59 Å². The van der Waals surface area contributed by atoms with Crippen LogP contribution >= 0.6 is 11.3 Å². The average Bonchev–Trinajstić information content (AvgIpc) is 3.13. The molecule has 1 N–H and O–H groups in total. The first kappa shape index (κ1) is 18.4. The van der Waals surface area contributed by atoms with Crippen LogP contribution in [0.4, 0.5) is 4.79 Å². The van der Waals surface area contributed by atoms with Crippen LogP contribution in [0.25, 0.3) is 0 Å². The highest BCUT2D eigenvalue weighted by Gasteiger charge is 2.23. The van der Waals surface area contributed by atoms with Gasteiger partial charge in [0.2, 0.25) is 5.91 Å². The lowest BCUT2D eigenvalue weighted by molar-refractivity contribution is -0.120. The first-order valence-corrected chi connectivity index (χ1v) is 9.36. The number of aromatic nitrogens is 3. The second-order valence-electron chi connectivity index (χ2n) is 6.64. The van der Waals surface area contributed by atoms with E-state index in [0.717, 1.165) is 27.0 Å². The van der Waals surface area contributed by atoms with Crippen LogP contribution in [0, 0.1) is 13.8 Å². The van der Waals surface area contributed by atoms with Crippen molar-refractivity contribution in [1.82, 2.24) is 29.9 Å². The fourth-order valence-corrected chi connectivity index (χ4v) is 3.93. The van der Waals surface area contributed by atoms with Crippen molar-refractivity contribution in [3.05, 3.63) is 33.0 Å². The van der Waals surface area contributed by atoms with Gasteiger partial charge in [-0.3, -0.25) is 9.48 Å². The molecule has 0 bridgehead atoms. The number of nitrogens with zero attached hydrogens (tertiary/aromatic N) is 5. The summed E-state index contributed by atoms with van der Waals surface area (Å²) < 4.78 is 1.91. The van der Waals surface area contributed by atoms with Crippen LogP contribution in [0.5, 0.6) is 0 Å². The number of aryl methyl sites for hydroxylation is 2. The second-order valence-corrected chi connectivity index (χ2v) is 7.93. The molecule has 0 unspecified atom stereocenters. The first-order chi connectivity index (χ1) is 12.3. The number of fused-ring (bicyclic) bond motifs is 1. The number of rotatable bonds is 4. The molecule has 26 heavy (non-hydrogen) atoms. The van der Waals surface area contributed by atoms with Crippen molar-refractivity contribution in [2.24, 2.45) is 0 Å². The summed E-state index contributed by atoms with van der Waals surface area (Å²) in [7, 11) is 3.50. The fourth-order valence-electron chi connectivity index (χ4n) is 2.99. The van der Waals surface area contributed by atoms with Crippen molar-refractivity contribution >= 4 is 23.3 Å². The maximum atomic E-state index is 12.2. The fraction of sp³-hybridized carbons (Fsp3) is 0.529. The average molecular weight is 376 g/mol. The minimum atomic E-state index is -0.0351. The Morgan fingerprint density at radius 3 is 2.73 bits per heavy atom. The summed E-state index contributed by atoms with van der Waals surface area (Å²) in [5.74, 6) is -0.0351. The van der Waals surface area contributed by atoms with Crippen LogP contribution in [-0.4, -0.2) is 57.1 Å². The molecule has 0 spiro atoms. The standard InChI is InChI=1S/C17H24N6O2S/c1-11-15(26-12(2)19-11)8-16(24)18-9-13-7-14-10-22(17(25)21(3)4)5-6-23(14)20-13/h7H,5-6,8-10H2,1-4H3,(H,18,24). The molecule has 1 aliphatic heterocycles. The smallest absolute Gasteiger partial charge is 0.319 e. The lowest BCUT2D eigenvalue weighted by atomic mass is 10.2. The third-order valence-electron chi connectivity index (χ3n) is 4.29. The van der Waals surface area contributed by atoms with Crippen molar-refractivity contribution in [1.29, 1.82) is 0 Å². The van der Waals surface area contributed by atoms with Crippen LogP contribution in [-0.2, 0) is 30.8 Å². The third kappa shape index (κ3) is 4.04. The van der Waals surface area contributed by atoms with E-state index in [4.69, 9.17) is 0 Å². The Morgan fingerprint density at radius 1 is 1.31 bits per heavy atom. The first-order valence-electron chi connectivity index (χ1n) is 8.55. The van der Waals surface area contributed by atoms with Gasteiger partial charge in [0.25, 0.3) is 0 Å². The van der Waals surface area contributed by atoms with Gasteiger partial charge in [-0.2, -0.15) is 5.10 Å². The van der Waals surface area contributed by atoms with Gasteiger partial charge in [0.15, 0.2) is 0 Å². The zero-order valence-corrected chi connectivity index (χ0v) is 16.4. The largest absolute Gasteiger partial charge is 0.350 e. The van der Waals surface area contributed by atoms with Crippen molar-refractivity contribution < 1.29 is 9.59 Å². The summed E-state index contributed by atoms with van der Waals surface area (Å²) in [6, 6.07) is 1.96. The molecular formula is C17H24N6O2S. The van der Waals surface area contributed by atoms with E-state index in [-0.39, 0.29) is 11.9 Å². The van der Waals surface area contributed by atoms with Crippen LogP contribution in [0.15, 0.2) is 6.07 Å². The quantitative estimate of drug-likeness (QED) is 0.872. The number of thiazole rings is 1. The molecule has 0 aromatic carbocycles. The van der Waals surface area contributed by atoms with E-state index < -0.39 is 0 Å². The molecule has 1 aliphatic rings. The Morgan fingerprint density at radius 2 is 2.08 bits per heavy atom. The minimum Gasteiger partial charge on any atom is -0.350 e. The number of carbonyl (C=O) groups is 2. The maximum Gasteiger partial charge on any atom is 0.319 e. The molecule has 3 heterocycles. The van der Waals surface area contributed by atoms with Crippen molar-refractivity contribution in [2.45, 2.75) is 39.9 Å². The summed E-state index contributed by atoms with van der Waals surface area (Å²) in [6.07, 6.45) is 0.343. The van der Waals surface area contributed by atoms with Crippen LogP contribution in [0.2, 0.25) is 0 Å². The maximum absolute atomic E-state index is 12.2. The van der Waals surface area contributed by atoms with Gasteiger partial charge >= 0.3 is 6.03 Å². The Bertz CT molecular complexity index is 825. The summed E-state index contributed by atoms with van der Waals surface area (Å²) >= 11 is 1.56. The molecule has 2 aromatic rings. The normalized spacial score (nSPS) is 13.5. The van der Waals surface area contributed by atoms with E-state index >= 15 is 0 Å². The Labute approximate surface area is 156 Å². The zero-order valence-electron chi connectivity index (χ0n) is 15.6. The number of carbonyl (C=O) groups excluding carboxylic acids is 2. The Hall–Kier alpha value is -2.42. The molecule has 3 amide bonds. The van der Waals surface area contributed by atoms with Gasteiger partial charge in [-0.05, 0) is 19.9 Å². The summed E-state index contributed by atoms with van der Waals surface area (Å²) in [4.78, 5) is 33.0. The minimum absolute atomic E-state index is 0.00234. The second kappa shape index (κ2) is 7.45. The number of amides is 3. The highest BCUT2D eigenvalue weighted by Crippen LogP contribution is 2.18. The van der Waals surface area contributed by atoms with Gasteiger partial charge in [0, 0.05) is 25.5 Å². The molecule has 0 radical (unpaired) electrons. The molecule has 9 heteroatoms. The summed E-state index contributed by atoms with van der Waals surface area (Å²) in [6.45, 7) is 6.10. The number of urea groups is 1. The van der Waals surface area contributed by atoms with Gasteiger partial charge in [-0.25, -0.2) is 9.78 Å². The van der Waals surface area contributed by atoms with E-state index in [0.29, 0.717) is 32.6 Å². The molecular weight excluding hydrogens is 352 g/mol. The predicted octanol–water partition coefficient (Wildman–Crippen LogP) is 1.31. The highest BCUT2D eigenvalue weighted by atomic mass is 32.1. The van der Waals surface area contributed by atoms with Crippen LogP contribution in [0.3, 0.4) is 0 Å². The third-order valence-corrected chi connectivity index (χ3v) is 5.36. The van der Waals surface area contributed by atoms with E-state index in [2.05, 4.69) is 15.4 Å². The number of hydrogen-bond acceptors (Lipinski definition) is 5. The van der Waals surface area contributed by atoms with Crippen LogP contribution < -0.4 is 5.32 Å². The molecule has 0 aliphatic carbocycles. The topological polar surface area (TPSA) is 83.4 Å². The van der Waals surface area contributed by atoms with Crippen molar-refractivity contribution in [3.8, 4) is 0 Å². The lowest BCUT2D eigenvalue weighted by Crippen LogP contribution is -2.43. The monoisotopic (exact) mass is 376 g/mol. The molecule has 3 rings (SSSR count). The summed E-state index contributed by atoms with van der Waals surface area (Å²) in [5.41, 5.74) is 2.72. The molecule has 0 fully saturated rings. The highest BCUT2D eigenvalue weighted by molar-refractivity contribution is 7.11. The zero-order chi connectivity index (χ0) is 18.8. The lowest BCUT2D eigenvalue weighted by Gasteiger charge is -2.29. The Balaban J connectivity index is 1.56. The van der Waals surface area contributed by atoms with Gasteiger partial charge < -0.3 is 15.1 Å². The van der Waals surface area contributed by atoms with E-state index in [1.165, 1.54) is 0 Å². The van der Waals surface area contributed by atoms with Crippen molar-refractivity contribution in [3.63, 3.8) is 0 Å². The van der Waals surface area contributed by atoms with Gasteiger partial charge in [-0.1, -0.05) is 0 Å². The van der Waals surface area contributed by atoms with Crippen LogP contribution in [0.1, 0.15) is 27.0 Å². The molecule has 140 valence electrons. The van der Waals surface area contributed by atoms with E-state index in [1.54, 1.807) is 35.2 Å². The molecule has 2 aromatic heterocycles. The molecule has 0 saturated heterocycles. The number of nitrogens with one attached hydrogen (secondary N) is 1. The predicted molar refractivity (Wildman–Crippen MR) is 98.9 cm³/mol. The number of hydrogen-bond donors (Lipinski definition) is 1. The molecule has 8 nitrogen and oxygen atoms in total. The van der Waals surface area contributed by atoms with Gasteiger partial charge in [-0.15, -0.1) is 11.3 Å². The van der Waals surface area contributed by atoms with Gasteiger partial charge in [0.05, 0.1) is 48.1 Å². The SMILES string of the molecule is Cc1nc(C)c(CC(=O)NCc2cc3n(n2)CCN(C(=O)N(C)C)C3)s1. The van der Waals surface area contributed by atoms with E-state index in [1.807, 2.05) is 24.6 Å². The Kier molecular flexibility index (Phi) is 5.26. The van der Waals surface area contributed by atoms with Crippen molar-refractivity contribution in [2.75, 3.05) is 20.6 Å². The van der Waals surface area contributed by atoms with Gasteiger partial charge in [0.1, 0.15) is 0 Å². The molecule has 0 atom stereocenters. The molecule has 0 saturated carbocycles. The summed E-state index contributed by atoms with van der Waals surface area (Å²) in [5, 5.41) is 8.43.